The van der Waals surface area contributed by atoms with Crippen LogP contribution in [0.25, 0.3) is 10.6 Å². The lowest BCUT2D eigenvalue weighted by atomic mass is 10.1. The van der Waals surface area contributed by atoms with E-state index in [1.165, 1.54) is 16.9 Å². The molecule has 5 heteroatoms. The number of aryl methyl sites for hydroxylation is 2. The number of amides is 1. The average Bonchev–Trinajstić information content (AvgIpc) is 3.19. The lowest BCUT2D eigenvalue weighted by Gasteiger charge is -2.26. The van der Waals surface area contributed by atoms with Crippen LogP contribution in [0.4, 0.5) is 0 Å². The monoisotopic (exact) mass is 344 g/mol. The van der Waals surface area contributed by atoms with Crippen LogP contribution in [0.3, 0.4) is 0 Å². The number of aliphatic hydroxyl groups is 1. The number of aliphatic hydroxyl groups excluding tert-OH is 1. The highest BCUT2D eigenvalue weighted by Gasteiger charge is 2.33. The van der Waals surface area contributed by atoms with Gasteiger partial charge in [-0.25, -0.2) is 4.98 Å². The second-order valence-corrected chi connectivity index (χ2v) is 7.46. The zero-order valence-corrected chi connectivity index (χ0v) is 15.3. The number of rotatable bonds is 4. The number of hydrogen-bond acceptors (Lipinski definition) is 4. The van der Waals surface area contributed by atoms with Gasteiger partial charge in [0.15, 0.2) is 0 Å². The topological polar surface area (TPSA) is 53.4 Å². The predicted octanol–water partition coefficient (Wildman–Crippen LogP) is 3.67. The third-order valence-electron chi connectivity index (χ3n) is 4.86. The van der Waals surface area contributed by atoms with Crippen molar-refractivity contribution in [3.05, 3.63) is 40.4 Å². The molecule has 1 aromatic heterocycles. The van der Waals surface area contributed by atoms with Gasteiger partial charge in [0, 0.05) is 12.6 Å². The number of likely N-dealkylation sites (N-methyl/N-ethyl adjacent to an activating group) is 1. The normalized spacial score (nSPS) is 20.3. The van der Waals surface area contributed by atoms with Crippen molar-refractivity contribution < 1.29 is 9.90 Å². The van der Waals surface area contributed by atoms with Gasteiger partial charge in [-0.05, 0) is 38.2 Å². The number of carbonyl (C=O) groups is 1. The summed E-state index contributed by atoms with van der Waals surface area (Å²) in [7, 11) is 1.79. The SMILES string of the molecule is CCc1ccc(-c2nc(C)c(C(=O)N(C)[C@@H]3CCC[C@H]3O)s2)cc1. The highest BCUT2D eigenvalue weighted by atomic mass is 32.1. The second kappa shape index (κ2) is 7.03. The molecular weight excluding hydrogens is 320 g/mol. The smallest absolute Gasteiger partial charge is 0.265 e. The van der Waals surface area contributed by atoms with Crippen LogP contribution in [-0.4, -0.2) is 40.1 Å². The molecule has 1 aromatic carbocycles. The van der Waals surface area contributed by atoms with E-state index in [4.69, 9.17) is 0 Å². The lowest BCUT2D eigenvalue weighted by Crippen LogP contribution is -2.41. The van der Waals surface area contributed by atoms with Crippen LogP contribution in [0.5, 0.6) is 0 Å². The van der Waals surface area contributed by atoms with E-state index in [0.29, 0.717) is 4.88 Å². The van der Waals surface area contributed by atoms with E-state index >= 15 is 0 Å². The first-order chi connectivity index (χ1) is 11.5. The highest BCUT2D eigenvalue weighted by molar-refractivity contribution is 7.17. The van der Waals surface area contributed by atoms with E-state index in [1.54, 1.807) is 11.9 Å². The number of nitrogens with zero attached hydrogens (tertiary/aromatic N) is 2. The third kappa shape index (κ3) is 3.23. The lowest BCUT2D eigenvalue weighted by molar-refractivity contribution is 0.0542. The van der Waals surface area contributed by atoms with E-state index < -0.39 is 6.10 Å². The van der Waals surface area contributed by atoms with Gasteiger partial charge >= 0.3 is 0 Å². The summed E-state index contributed by atoms with van der Waals surface area (Å²) in [5.74, 6) is -0.0348. The Labute approximate surface area is 147 Å². The molecule has 1 N–H and O–H groups in total. The first kappa shape index (κ1) is 17.1. The maximum Gasteiger partial charge on any atom is 0.265 e. The molecule has 1 saturated carbocycles. The maximum absolute atomic E-state index is 12.8. The summed E-state index contributed by atoms with van der Waals surface area (Å²) in [6.45, 7) is 4.01. The molecule has 0 radical (unpaired) electrons. The molecular formula is C19H24N2O2S. The van der Waals surface area contributed by atoms with Gasteiger partial charge < -0.3 is 10.0 Å². The Bertz CT molecular complexity index is 723. The number of aromatic nitrogens is 1. The van der Waals surface area contributed by atoms with Gasteiger partial charge in [0.1, 0.15) is 9.88 Å². The van der Waals surface area contributed by atoms with Crippen molar-refractivity contribution in [1.82, 2.24) is 9.88 Å². The molecule has 2 aromatic rings. The molecule has 0 aliphatic heterocycles. The van der Waals surface area contributed by atoms with E-state index in [2.05, 4.69) is 36.2 Å². The summed E-state index contributed by atoms with van der Waals surface area (Å²) in [6.07, 6.45) is 3.22. The number of carbonyl (C=O) groups excluding carboxylic acids is 1. The van der Waals surface area contributed by atoms with E-state index in [1.807, 2.05) is 6.92 Å². The maximum atomic E-state index is 12.8. The van der Waals surface area contributed by atoms with Crippen LogP contribution < -0.4 is 0 Å². The van der Waals surface area contributed by atoms with Crippen LogP contribution in [0.15, 0.2) is 24.3 Å². The van der Waals surface area contributed by atoms with Crippen molar-refractivity contribution >= 4 is 17.2 Å². The van der Waals surface area contributed by atoms with Gasteiger partial charge in [-0.1, -0.05) is 31.2 Å². The van der Waals surface area contributed by atoms with Gasteiger partial charge in [0.25, 0.3) is 5.91 Å². The minimum Gasteiger partial charge on any atom is -0.391 e. The standard InChI is InChI=1S/C19H24N2O2S/c1-4-13-8-10-14(11-9-13)18-20-12(2)17(24-18)19(23)21(3)15-6-5-7-16(15)22/h8-11,15-16,22H,4-7H2,1-3H3/t15-,16-/m1/s1. The summed E-state index contributed by atoms with van der Waals surface area (Å²) in [5.41, 5.74) is 3.10. The highest BCUT2D eigenvalue weighted by Crippen LogP contribution is 2.31. The number of hydrogen-bond donors (Lipinski definition) is 1. The Morgan fingerprint density at radius 2 is 2.04 bits per heavy atom. The van der Waals surface area contributed by atoms with Gasteiger partial charge in [0.05, 0.1) is 17.8 Å². The Hall–Kier alpha value is -1.72. The van der Waals surface area contributed by atoms with Crippen LogP contribution >= 0.6 is 11.3 Å². The summed E-state index contributed by atoms with van der Waals surface area (Å²) in [5, 5.41) is 10.9. The van der Waals surface area contributed by atoms with E-state index in [9.17, 15) is 9.90 Å². The van der Waals surface area contributed by atoms with Crippen LogP contribution in [0.2, 0.25) is 0 Å². The van der Waals surface area contributed by atoms with Gasteiger partial charge in [0.2, 0.25) is 0 Å². The molecule has 4 nitrogen and oxygen atoms in total. The molecule has 24 heavy (non-hydrogen) atoms. The summed E-state index contributed by atoms with van der Waals surface area (Å²) >= 11 is 1.44. The largest absolute Gasteiger partial charge is 0.391 e. The molecule has 1 aliphatic carbocycles. The Morgan fingerprint density at radius 1 is 1.33 bits per heavy atom. The molecule has 1 fully saturated rings. The molecule has 0 bridgehead atoms. The van der Waals surface area contributed by atoms with Crippen molar-refractivity contribution in [2.24, 2.45) is 0 Å². The van der Waals surface area contributed by atoms with E-state index in [-0.39, 0.29) is 11.9 Å². The molecule has 1 heterocycles. The van der Waals surface area contributed by atoms with Crippen molar-refractivity contribution in [1.29, 1.82) is 0 Å². The summed E-state index contributed by atoms with van der Waals surface area (Å²) < 4.78 is 0. The molecule has 0 unspecified atom stereocenters. The number of thiazole rings is 1. The van der Waals surface area contributed by atoms with Crippen molar-refractivity contribution in [2.45, 2.75) is 51.7 Å². The first-order valence-electron chi connectivity index (χ1n) is 8.53. The third-order valence-corrected chi connectivity index (χ3v) is 6.06. The van der Waals surface area contributed by atoms with Crippen molar-refractivity contribution in [3.63, 3.8) is 0 Å². The quantitative estimate of drug-likeness (QED) is 0.921. The van der Waals surface area contributed by atoms with Gasteiger partial charge in [-0.2, -0.15) is 0 Å². The zero-order valence-electron chi connectivity index (χ0n) is 14.5. The van der Waals surface area contributed by atoms with Crippen LogP contribution in [-0.2, 0) is 6.42 Å². The number of benzene rings is 1. The van der Waals surface area contributed by atoms with Crippen molar-refractivity contribution in [2.75, 3.05) is 7.05 Å². The van der Waals surface area contributed by atoms with Crippen LogP contribution in [0, 0.1) is 6.92 Å². The molecule has 1 amide bonds. The Balaban J connectivity index is 1.83. The minimum atomic E-state index is -0.409. The summed E-state index contributed by atoms with van der Waals surface area (Å²) in [6, 6.07) is 8.26. The van der Waals surface area contributed by atoms with Gasteiger partial charge in [-0.15, -0.1) is 11.3 Å². The van der Waals surface area contributed by atoms with Crippen molar-refractivity contribution in [3.8, 4) is 10.6 Å². The average molecular weight is 344 g/mol. The molecule has 3 rings (SSSR count). The van der Waals surface area contributed by atoms with Gasteiger partial charge in [-0.3, -0.25) is 4.79 Å². The fourth-order valence-electron chi connectivity index (χ4n) is 3.28. The second-order valence-electron chi connectivity index (χ2n) is 6.47. The fourth-order valence-corrected chi connectivity index (χ4v) is 4.34. The molecule has 0 spiro atoms. The molecule has 1 aliphatic rings. The fraction of sp³-hybridized carbons (Fsp3) is 0.474. The zero-order chi connectivity index (χ0) is 17.3. The van der Waals surface area contributed by atoms with Crippen LogP contribution in [0.1, 0.15) is 47.1 Å². The Morgan fingerprint density at radius 3 is 2.62 bits per heavy atom. The Kier molecular flexibility index (Phi) is 5.01. The molecule has 128 valence electrons. The summed E-state index contributed by atoms with van der Waals surface area (Å²) in [4.78, 5) is 19.8. The van der Waals surface area contributed by atoms with E-state index in [0.717, 1.165) is 41.9 Å². The predicted molar refractivity (Wildman–Crippen MR) is 97.4 cm³/mol. The minimum absolute atomic E-state index is 0.0348. The molecule has 2 atom stereocenters. The molecule has 0 saturated heterocycles. The first-order valence-corrected chi connectivity index (χ1v) is 9.35.